The summed E-state index contributed by atoms with van der Waals surface area (Å²) in [6, 6.07) is 10.3. The van der Waals surface area contributed by atoms with E-state index in [0.717, 1.165) is 12.7 Å². The van der Waals surface area contributed by atoms with Gasteiger partial charge >= 0.3 is 0 Å². The number of aromatic amines is 1. The summed E-state index contributed by atoms with van der Waals surface area (Å²) in [6.45, 7) is 2.06. The molecule has 0 spiro atoms. The van der Waals surface area contributed by atoms with E-state index in [-0.39, 0.29) is 23.2 Å². The summed E-state index contributed by atoms with van der Waals surface area (Å²) in [4.78, 5) is 34.0. The minimum atomic E-state index is -0.308. The van der Waals surface area contributed by atoms with Crippen LogP contribution in [0.3, 0.4) is 0 Å². The second-order valence-corrected chi connectivity index (χ2v) is 5.45. The molecule has 1 amide bonds. The van der Waals surface area contributed by atoms with Crippen molar-refractivity contribution in [1.82, 2.24) is 19.8 Å². The predicted molar refractivity (Wildman–Crippen MR) is 82.6 cm³/mol. The maximum Gasteiger partial charge on any atom is 0.274 e. The summed E-state index contributed by atoms with van der Waals surface area (Å²) in [7, 11) is 2.07. The first-order chi connectivity index (χ1) is 10.6. The fourth-order valence-corrected chi connectivity index (χ4v) is 2.71. The van der Waals surface area contributed by atoms with Crippen LogP contribution in [0.2, 0.25) is 0 Å². The lowest BCUT2D eigenvalue weighted by molar-refractivity contribution is 0.0540. The topological polar surface area (TPSA) is 69.3 Å². The van der Waals surface area contributed by atoms with Gasteiger partial charge in [0.25, 0.3) is 11.5 Å². The minimum absolute atomic E-state index is 0.148. The third-order valence-corrected chi connectivity index (χ3v) is 4.01. The molecule has 1 aromatic carbocycles. The van der Waals surface area contributed by atoms with Crippen molar-refractivity contribution in [1.29, 1.82) is 0 Å². The maximum absolute atomic E-state index is 12.5. The molecule has 1 N–H and O–H groups in total. The average molecular weight is 298 g/mol. The summed E-state index contributed by atoms with van der Waals surface area (Å²) in [5, 5.41) is 0. The molecule has 1 fully saturated rings. The number of likely N-dealkylation sites (N-methyl/N-ethyl adjacent to an activating group) is 1. The number of nitrogens with one attached hydrogen (secondary N) is 1. The van der Waals surface area contributed by atoms with Crippen LogP contribution in [0.4, 0.5) is 0 Å². The molecule has 0 radical (unpaired) electrons. The molecule has 1 aromatic heterocycles. The van der Waals surface area contributed by atoms with Gasteiger partial charge in [0.05, 0.1) is 12.2 Å². The Bertz CT molecular complexity index is 693. The number of hydrogen-bond acceptors (Lipinski definition) is 4. The molecule has 0 bridgehead atoms. The second kappa shape index (κ2) is 6.11. The molecule has 1 saturated heterocycles. The molecule has 3 rings (SSSR count). The number of nitrogens with zero attached hydrogens (tertiary/aromatic N) is 3. The molecule has 2 heterocycles. The largest absolute Gasteiger partial charge is 0.334 e. The Morgan fingerprint density at radius 3 is 2.73 bits per heavy atom. The summed E-state index contributed by atoms with van der Waals surface area (Å²) >= 11 is 0. The van der Waals surface area contributed by atoms with Crippen LogP contribution in [-0.2, 0) is 0 Å². The van der Waals surface area contributed by atoms with Gasteiger partial charge in [-0.2, -0.15) is 0 Å². The van der Waals surface area contributed by atoms with Gasteiger partial charge in [0, 0.05) is 25.8 Å². The smallest absolute Gasteiger partial charge is 0.274 e. The van der Waals surface area contributed by atoms with E-state index in [1.54, 1.807) is 4.90 Å². The van der Waals surface area contributed by atoms with E-state index in [1.807, 2.05) is 18.2 Å². The molecule has 114 valence electrons. The summed E-state index contributed by atoms with van der Waals surface area (Å²) < 4.78 is 0. The van der Waals surface area contributed by atoms with Crippen LogP contribution in [-0.4, -0.2) is 52.4 Å². The molecule has 0 unspecified atom stereocenters. The van der Waals surface area contributed by atoms with Crippen molar-refractivity contribution in [3.8, 4) is 0 Å². The first kappa shape index (κ1) is 14.5. The quantitative estimate of drug-likeness (QED) is 0.894. The van der Waals surface area contributed by atoms with E-state index in [9.17, 15) is 9.59 Å². The van der Waals surface area contributed by atoms with E-state index in [0.29, 0.717) is 13.1 Å². The Morgan fingerprint density at radius 1 is 1.27 bits per heavy atom. The number of piperazine rings is 1. The van der Waals surface area contributed by atoms with Crippen molar-refractivity contribution in [3.05, 3.63) is 64.3 Å². The summed E-state index contributed by atoms with van der Waals surface area (Å²) in [5.41, 5.74) is 1.16. The minimum Gasteiger partial charge on any atom is -0.334 e. The number of carbonyl (C=O) groups excluding carboxylic acids is 1. The van der Waals surface area contributed by atoms with Gasteiger partial charge in [-0.3, -0.25) is 14.5 Å². The lowest BCUT2D eigenvalue weighted by Crippen LogP contribution is -2.49. The Morgan fingerprint density at radius 2 is 2.05 bits per heavy atom. The van der Waals surface area contributed by atoms with Crippen LogP contribution in [0.15, 0.2) is 47.5 Å². The molecule has 6 heteroatoms. The number of amides is 1. The molecular weight excluding hydrogens is 280 g/mol. The van der Waals surface area contributed by atoms with Crippen LogP contribution in [0.1, 0.15) is 22.1 Å². The molecule has 1 aliphatic rings. The van der Waals surface area contributed by atoms with Gasteiger partial charge in [0.2, 0.25) is 0 Å². The molecule has 22 heavy (non-hydrogen) atoms. The maximum atomic E-state index is 12.5. The summed E-state index contributed by atoms with van der Waals surface area (Å²) in [5.74, 6) is -0.148. The van der Waals surface area contributed by atoms with Crippen molar-refractivity contribution < 1.29 is 4.79 Å². The Hall–Kier alpha value is -2.47. The Balaban J connectivity index is 1.79. The van der Waals surface area contributed by atoms with Gasteiger partial charge in [-0.1, -0.05) is 30.3 Å². The number of benzene rings is 1. The number of aromatic nitrogens is 2. The highest BCUT2D eigenvalue weighted by Crippen LogP contribution is 2.24. The highest BCUT2D eigenvalue weighted by molar-refractivity contribution is 5.92. The van der Waals surface area contributed by atoms with Gasteiger partial charge < -0.3 is 9.88 Å². The zero-order chi connectivity index (χ0) is 15.5. The fourth-order valence-electron chi connectivity index (χ4n) is 2.71. The van der Waals surface area contributed by atoms with Gasteiger partial charge in [0.15, 0.2) is 0 Å². The van der Waals surface area contributed by atoms with Crippen molar-refractivity contribution in [2.24, 2.45) is 0 Å². The van der Waals surface area contributed by atoms with Crippen LogP contribution < -0.4 is 5.56 Å². The SMILES string of the molecule is CN1CCN(C(=O)c2c[nH]c(=O)cn2)C[C@@H]1c1ccccc1. The van der Waals surface area contributed by atoms with Gasteiger partial charge in [0.1, 0.15) is 5.69 Å². The van der Waals surface area contributed by atoms with Gasteiger partial charge in [-0.15, -0.1) is 0 Å². The lowest BCUT2D eigenvalue weighted by Gasteiger charge is -2.39. The molecule has 0 saturated carbocycles. The van der Waals surface area contributed by atoms with Gasteiger partial charge in [-0.05, 0) is 12.6 Å². The number of hydrogen-bond donors (Lipinski definition) is 1. The molecule has 0 aliphatic carbocycles. The van der Waals surface area contributed by atoms with E-state index < -0.39 is 0 Å². The highest BCUT2D eigenvalue weighted by atomic mass is 16.2. The molecule has 1 aliphatic heterocycles. The van der Waals surface area contributed by atoms with E-state index in [2.05, 4.69) is 34.0 Å². The predicted octanol–water partition coefficient (Wildman–Crippen LogP) is 0.899. The van der Waals surface area contributed by atoms with Crippen molar-refractivity contribution >= 4 is 5.91 Å². The third-order valence-electron chi connectivity index (χ3n) is 4.01. The monoisotopic (exact) mass is 298 g/mol. The van der Waals surface area contributed by atoms with Crippen LogP contribution in [0.5, 0.6) is 0 Å². The lowest BCUT2D eigenvalue weighted by atomic mass is 10.0. The van der Waals surface area contributed by atoms with Crippen molar-refractivity contribution in [3.63, 3.8) is 0 Å². The van der Waals surface area contributed by atoms with E-state index in [1.165, 1.54) is 11.8 Å². The standard InChI is InChI=1S/C16H18N4O2/c1-19-7-8-20(11-14(19)12-5-3-2-4-6-12)16(22)13-9-18-15(21)10-17-13/h2-6,9-10,14H,7-8,11H2,1H3,(H,18,21)/t14-/m1/s1. The summed E-state index contributed by atoms with van der Waals surface area (Å²) in [6.07, 6.45) is 2.51. The fraction of sp³-hybridized carbons (Fsp3) is 0.312. The van der Waals surface area contributed by atoms with Gasteiger partial charge in [-0.25, -0.2) is 4.98 Å². The zero-order valence-corrected chi connectivity index (χ0v) is 12.4. The zero-order valence-electron chi connectivity index (χ0n) is 12.4. The first-order valence-corrected chi connectivity index (χ1v) is 7.24. The Kier molecular flexibility index (Phi) is 4.02. The third kappa shape index (κ3) is 2.92. The van der Waals surface area contributed by atoms with E-state index in [4.69, 9.17) is 0 Å². The van der Waals surface area contributed by atoms with Crippen LogP contribution in [0, 0.1) is 0 Å². The Labute approximate surface area is 128 Å². The highest BCUT2D eigenvalue weighted by Gasteiger charge is 2.29. The van der Waals surface area contributed by atoms with E-state index >= 15 is 0 Å². The normalized spacial score (nSPS) is 19.1. The molecule has 6 nitrogen and oxygen atoms in total. The number of carbonyl (C=O) groups is 1. The van der Waals surface area contributed by atoms with Crippen molar-refractivity contribution in [2.45, 2.75) is 6.04 Å². The van der Waals surface area contributed by atoms with Crippen molar-refractivity contribution in [2.75, 3.05) is 26.7 Å². The molecule has 2 aromatic rings. The molecule has 1 atom stereocenters. The molecular formula is C16H18N4O2. The second-order valence-electron chi connectivity index (χ2n) is 5.45. The number of rotatable bonds is 2. The number of H-pyrrole nitrogens is 1. The van der Waals surface area contributed by atoms with Crippen LogP contribution >= 0.6 is 0 Å². The van der Waals surface area contributed by atoms with Crippen LogP contribution in [0.25, 0.3) is 0 Å². The average Bonchev–Trinajstić information content (AvgIpc) is 2.56. The first-order valence-electron chi connectivity index (χ1n) is 7.24.